The van der Waals surface area contributed by atoms with Gasteiger partial charge in [-0.05, 0) is 61.7 Å². The number of sulfonamides is 1. The molecule has 0 unspecified atom stereocenters. The zero-order chi connectivity index (χ0) is 20.3. The van der Waals surface area contributed by atoms with Crippen LogP contribution in [0.1, 0.15) is 30.9 Å². The van der Waals surface area contributed by atoms with Gasteiger partial charge >= 0.3 is 0 Å². The summed E-state index contributed by atoms with van der Waals surface area (Å²) in [5.74, 6) is 0.853. The van der Waals surface area contributed by atoms with E-state index in [9.17, 15) is 13.2 Å². The number of aryl methyl sites for hydroxylation is 1. The van der Waals surface area contributed by atoms with Gasteiger partial charge in [0.05, 0.1) is 11.5 Å². The standard InChI is InChI=1S/C21H26N2O4S/c1-4-27-18-9-7-17(8-10-18)15-22(3)28(25,26)19-11-12-20(16(2)14-19)23-13-5-6-21(23)24/h7-12,14H,4-6,13,15H2,1-3H3. The Hall–Kier alpha value is -2.38. The minimum Gasteiger partial charge on any atom is -0.494 e. The van der Waals surface area contributed by atoms with Gasteiger partial charge in [-0.3, -0.25) is 4.79 Å². The van der Waals surface area contributed by atoms with E-state index in [0.29, 0.717) is 19.6 Å². The van der Waals surface area contributed by atoms with Crippen LogP contribution < -0.4 is 9.64 Å². The van der Waals surface area contributed by atoms with Crippen LogP contribution in [0.4, 0.5) is 5.69 Å². The van der Waals surface area contributed by atoms with E-state index in [1.807, 2.05) is 38.1 Å². The van der Waals surface area contributed by atoms with Crippen molar-refractivity contribution in [3.8, 4) is 5.75 Å². The molecule has 0 aromatic heterocycles. The molecule has 2 aromatic rings. The van der Waals surface area contributed by atoms with Crippen molar-refractivity contribution in [1.82, 2.24) is 4.31 Å². The summed E-state index contributed by atoms with van der Waals surface area (Å²) in [6.07, 6.45) is 1.38. The summed E-state index contributed by atoms with van der Waals surface area (Å²) >= 11 is 0. The highest BCUT2D eigenvalue weighted by Crippen LogP contribution is 2.28. The summed E-state index contributed by atoms with van der Waals surface area (Å²) in [6.45, 7) is 5.29. The van der Waals surface area contributed by atoms with Crippen LogP contribution in [0, 0.1) is 6.92 Å². The molecule has 0 N–H and O–H groups in total. The van der Waals surface area contributed by atoms with Crippen LogP contribution >= 0.6 is 0 Å². The van der Waals surface area contributed by atoms with Gasteiger partial charge in [-0.1, -0.05) is 12.1 Å². The molecule has 1 fully saturated rings. The van der Waals surface area contributed by atoms with Gasteiger partial charge in [-0.25, -0.2) is 8.42 Å². The van der Waals surface area contributed by atoms with Crippen LogP contribution in [-0.2, 0) is 21.4 Å². The number of nitrogens with zero attached hydrogens (tertiary/aromatic N) is 2. The van der Waals surface area contributed by atoms with Crippen LogP contribution in [-0.4, -0.2) is 38.8 Å². The highest BCUT2D eigenvalue weighted by atomic mass is 32.2. The third-order valence-corrected chi connectivity index (χ3v) is 6.68. The van der Waals surface area contributed by atoms with E-state index < -0.39 is 10.0 Å². The Morgan fingerprint density at radius 2 is 1.86 bits per heavy atom. The molecule has 0 atom stereocenters. The van der Waals surface area contributed by atoms with Crippen LogP contribution in [0.25, 0.3) is 0 Å². The number of benzene rings is 2. The topological polar surface area (TPSA) is 66.9 Å². The zero-order valence-electron chi connectivity index (χ0n) is 16.5. The molecule has 3 rings (SSSR count). The van der Waals surface area contributed by atoms with Crippen molar-refractivity contribution in [1.29, 1.82) is 0 Å². The minimum atomic E-state index is -3.64. The molecule has 150 valence electrons. The molecule has 1 heterocycles. The molecule has 1 aliphatic heterocycles. The molecular formula is C21H26N2O4S. The molecule has 7 heteroatoms. The first-order chi connectivity index (χ1) is 13.3. The summed E-state index contributed by atoms with van der Waals surface area (Å²) in [7, 11) is -2.07. The first-order valence-corrected chi connectivity index (χ1v) is 10.9. The number of rotatable bonds is 7. The highest BCUT2D eigenvalue weighted by Gasteiger charge is 2.26. The summed E-state index contributed by atoms with van der Waals surface area (Å²) in [5, 5.41) is 0. The Morgan fingerprint density at radius 3 is 2.43 bits per heavy atom. The van der Waals surface area contributed by atoms with Crippen molar-refractivity contribution >= 4 is 21.6 Å². The fourth-order valence-electron chi connectivity index (χ4n) is 3.37. The fraction of sp³-hybridized carbons (Fsp3) is 0.381. The van der Waals surface area contributed by atoms with Crippen molar-refractivity contribution in [2.45, 2.75) is 38.1 Å². The van der Waals surface area contributed by atoms with Gasteiger partial charge in [0.25, 0.3) is 0 Å². The normalized spacial score (nSPS) is 14.7. The van der Waals surface area contributed by atoms with E-state index in [4.69, 9.17) is 4.74 Å². The molecule has 1 amide bonds. The van der Waals surface area contributed by atoms with Gasteiger partial charge in [-0.15, -0.1) is 0 Å². The van der Waals surface area contributed by atoms with Crippen molar-refractivity contribution in [3.05, 3.63) is 53.6 Å². The van der Waals surface area contributed by atoms with Crippen molar-refractivity contribution in [2.24, 2.45) is 0 Å². The van der Waals surface area contributed by atoms with E-state index in [1.165, 1.54) is 4.31 Å². The number of carbonyl (C=O) groups excluding carboxylic acids is 1. The molecule has 0 aliphatic carbocycles. The van der Waals surface area contributed by atoms with Crippen LogP contribution in [0.3, 0.4) is 0 Å². The first kappa shape index (κ1) is 20.4. The van der Waals surface area contributed by atoms with Gasteiger partial charge in [0.15, 0.2) is 0 Å². The van der Waals surface area contributed by atoms with Crippen molar-refractivity contribution < 1.29 is 17.9 Å². The van der Waals surface area contributed by atoms with Crippen molar-refractivity contribution in [3.63, 3.8) is 0 Å². The number of ether oxygens (including phenoxy) is 1. The Labute approximate surface area is 166 Å². The molecule has 0 spiro atoms. The fourth-order valence-corrected chi connectivity index (χ4v) is 4.62. The average molecular weight is 403 g/mol. The largest absolute Gasteiger partial charge is 0.494 e. The molecule has 1 saturated heterocycles. The SMILES string of the molecule is CCOc1ccc(CN(C)S(=O)(=O)c2ccc(N3CCCC3=O)c(C)c2)cc1. The molecule has 0 saturated carbocycles. The summed E-state index contributed by atoms with van der Waals surface area (Å²) in [4.78, 5) is 13.9. The van der Waals surface area contributed by atoms with Gasteiger partial charge in [0.2, 0.25) is 15.9 Å². The van der Waals surface area contributed by atoms with Crippen LogP contribution in [0.5, 0.6) is 5.75 Å². The minimum absolute atomic E-state index is 0.0892. The maximum absolute atomic E-state index is 13.0. The second-order valence-corrected chi connectivity index (χ2v) is 8.98. The third-order valence-electron chi connectivity index (χ3n) is 4.88. The quantitative estimate of drug-likeness (QED) is 0.712. The number of hydrogen-bond donors (Lipinski definition) is 0. The lowest BCUT2D eigenvalue weighted by atomic mass is 10.2. The van der Waals surface area contributed by atoms with E-state index >= 15 is 0 Å². The van der Waals surface area contributed by atoms with E-state index in [2.05, 4.69) is 0 Å². The van der Waals surface area contributed by atoms with Gasteiger partial charge in [-0.2, -0.15) is 4.31 Å². The molecule has 28 heavy (non-hydrogen) atoms. The van der Waals surface area contributed by atoms with E-state index in [-0.39, 0.29) is 17.3 Å². The van der Waals surface area contributed by atoms with E-state index in [0.717, 1.165) is 29.0 Å². The van der Waals surface area contributed by atoms with Gasteiger partial charge in [0, 0.05) is 32.2 Å². The number of anilines is 1. The second kappa shape index (κ2) is 8.32. The molecule has 0 radical (unpaired) electrons. The second-order valence-electron chi connectivity index (χ2n) is 6.94. The Kier molecular flexibility index (Phi) is 6.05. The van der Waals surface area contributed by atoms with E-state index in [1.54, 1.807) is 30.1 Å². The number of amides is 1. The maximum Gasteiger partial charge on any atom is 0.243 e. The lowest BCUT2D eigenvalue weighted by Gasteiger charge is -2.21. The monoisotopic (exact) mass is 402 g/mol. The maximum atomic E-state index is 13.0. The molecule has 1 aliphatic rings. The Bertz CT molecular complexity index is 955. The Balaban J connectivity index is 1.77. The van der Waals surface area contributed by atoms with Gasteiger partial charge in [0.1, 0.15) is 5.75 Å². The summed E-state index contributed by atoms with van der Waals surface area (Å²) in [6, 6.07) is 12.4. The van der Waals surface area contributed by atoms with Crippen molar-refractivity contribution in [2.75, 3.05) is 25.1 Å². The Morgan fingerprint density at radius 1 is 1.14 bits per heavy atom. The molecular weight excluding hydrogens is 376 g/mol. The summed E-state index contributed by atoms with van der Waals surface area (Å²) < 4.78 is 32.7. The number of hydrogen-bond acceptors (Lipinski definition) is 4. The van der Waals surface area contributed by atoms with Crippen LogP contribution in [0.15, 0.2) is 47.4 Å². The zero-order valence-corrected chi connectivity index (χ0v) is 17.3. The molecule has 2 aromatic carbocycles. The first-order valence-electron chi connectivity index (χ1n) is 9.42. The lowest BCUT2D eigenvalue weighted by molar-refractivity contribution is -0.117. The predicted octanol–water partition coefficient (Wildman–Crippen LogP) is 3.34. The van der Waals surface area contributed by atoms with Crippen LogP contribution in [0.2, 0.25) is 0 Å². The summed E-state index contributed by atoms with van der Waals surface area (Å²) in [5.41, 5.74) is 2.45. The average Bonchev–Trinajstić information content (AvgIpc) is 3.09. The molecule has 0 bridgehead atoms. The number of carbonyl (C=O) groups is 1. The predicted molar refractivity (Wildman–Crippen MR) is 109 cm³/mol. The lowest BCUT2D eigenvalue weighted by Crippen LogP contribution is -2.27. The molecule has 6 nitrogen and oxygen atoms in total. The van der Waals surface area contributed by atoms with Gasteiger partial charge < -0.3 is 9.64 Å². The highest BCUT2D eigenvalue weighted by molar-refractivity contribution is 7.89. The smallest absolute Gasteiger partial charge is 0.243 e. The third kappa shape index (κ3) is 4.20.